The average molecular weight is 276 g/mol. The highest BCUT2D eigenvalue weighted by atomic mass is 32.1. The van der Waals surface area contributed by atoms with Crippen LogP contribution in [-0.4, -0.2) is 30.4 Å². The first-order chi connectivity index (χ1) is 9.20. The smallest absolute Gasteiger partial charge is 0.193 e. The minimum absolute atomic E-state index is 0.449. The van der Waals surface area contributed by atoms with Gasteiger partial charge in [0.1, 0.15) is 0 Å². The third-order valence-electron chi connectivity index (χ3n) is 2.74. The molecule has 7 heteroatoms. The lowest BCUT2D eigenvalue weighted by molar-refractivity contribution is 0.580. The zero-order valence-electron chi connectivity index (χ0n) is 10.9. The Labute approximate surface area is 115 Å². The van der Waals surface area contributed by atoms with Gasteiger partial charge in [-0.25, -0.2) is 9.67 Å². The van der Waals surface area contributed by atoms with Crippen molar-refractivity contribution >= 4 is 16.3 Å². The maximum absolute atomic E-state index is 4.53. The average Bonchev–Trinajstić information content (AvgIpc) is 3.02. The summed E-state index contributed by atoms with van der Waals surface area (Å²) in [6.45, 7) is 5.63. The normalized spacial score (nSPS) is 11.7. The van der Waals surface area contributed by atoms with E-state index >= 15 is 0 Å². The maximum Gasteiger partial charge on any atom is 0.193 e. The van der Waals surface area contributed by atoms with Gasteiger partial charge in [-0.05, 0) is 0 Å². The van der Waals surface area contributed by atoms with Crippen molar-refractivity contribution < 1.29 is 0 Å². The second-order valence-electron chi connectivity index (χ2n) is 4.77. The third kappa shape index (κ3) is 2.82. The predicted molar refractivity (Wildman–Crippen MR) is 74.2 cm³/mol. The minimum Gasteiger partial charge on any atom is -0.309 e. The fourth-order valence-corrected chi connectivity index (χ4v) is 2.54. The fraction of sp³-hybridized carbons (Fsp3) is 0.417. The quantitative estimate of drug-likeness (QED) is 0.768. The monoisotopic (exact) mass is 276 g/mol. The number of rotatable bonds is 5. The largest absolute Gasteiger partial charge is 0.309 e. The number of fused-ring (bicyclic) bond motifs is 1. The molecule has 0 amide bonds. The number of nitrogens with one attached hydrogen (secondary N) is 1. The van der Waals surface area contributed by atoms with Crippen LogP contribution in [0.25, 0.3) is 4.96 Å². The summed E-state index contributed by atoms with van der Waals surface area (Å²) in [6.07, 6.45) is 6.00. The van der Waals surface area contributed by atoms with Gasteiger partial charge in [0.25, 0.3) is 0 Å². The molecule has 0 saturated heterocycles. The van der Waals surface area contributed by atoms with E-state index in [2.05, 4.69) is 34.5 Å². The van der Waals surface area contributed by atoms with E-state index in [0.717, 1.165) is 22.9 Å². The molecule has 0 saturated carbocycles. The van der Waals surface area contributed by atoms with Crippen molar-refractivity contribution in [2.75, 3.05) is 0 Å². The number of hydrogen-bond donors (Lipinski definition) is 1. The van der Waals surface area contributed by atoms with E-state index in [-0.39, 0.29) is 0 Å². The summed E-state index contributed by atoms with van der Waals surface area (Å²) in [5.74, 6) is 0. The molecule has 3 aromatic heterocycles. The molecule has 0 unspecified atom stereocenters. The summed E-state index contributed by atoms with van der Waals surface area (Å²) in [5, 5.41) is 13.6. The van der Waals surface area contributed by atoms with Gasteiger partial charge in [0, 0.05) is 30.4 Å². The van der Waals surface area contributed by atoms with Crippen molar-refractivity contribution in [3.8, 4) is 0 Å². The van der Waals surface area contributed by atoms with E-state index in [1.165, 1.54) is 0 Å². The van der Waals surface area contributed by atoms with Gasteiger partial charge in [-0.15, -0.1) is 16.4 Å². The Kier molecular flexibility index (Phi) is 3.31. The van der Waals surface area contributed by atoms with Gasteiger partial charge in [-0.1, -0.05) is 19.1 Å². The molecule has 0 aromatic carbocycles. The zero-order chi connectivity index (χ0) is 13.2. The Morgan fingerprint density at radius 3 is 3.00 bits per heavy atom. The summed E-state index contributed by atoms with van der Waals surface area (Å²) in [4.78, 5) is 5.54. The van der Waals surface area contributed by atoms with Crippen LogP contribution in [0.15, 0.2) is 24.0 Å². The molecule has 0 spiro atoms. The van der Waals surface area contributed by atoms with Gasteiger partial charge in [0.15, 0.2) is 4.96 Å². The SMILES string of the molecule is CC(C)NCc1cn(Cc2cn3ccsc3n2)nn1. The van der Waals surface area contributed by atoms with E-state index < -0.39 is 0 Å². The molecular weight excluding hydrogens is 260 g/mol. The van der Waals surface area contributed by atoms with Gasteiger partial charge in [0.05, 0.1) is 24.1 Å². The van der Waals surface area contributed by atoms with Crippen molar-refractivity contribution in [2.45, 2.75) is 33.0 Å². The molecule has 0 aliphatic heterocycles. The van der Waals surface area contributed by atoms with Crippen LogP contribution >= 0.6 is 11.3 Å². The standard InChI is InChI=1S/C12H16N6S/c1-9(2)13-5-10-7-18(16-15-10)8-11-6-17-3-4-19-12(17)14-11/h3-4,6-7,9,13H,5,8H2,1-2H3. The Hall–Kier alpha value is -1.73. The molecule has 19 heavy (non-hydrogen) atoms. The summed E-state index contributed by atoms with van der Waals surface area (Å²) in [7, 11) is 0. The molecule has 6 nitrogen and oxygen atoms in total. The first kappa shape index (κ1) is 12.3. The van der Waals surface area contributed by atoms with Gasteiger partial charge in [-0.2, -0.15) is 0 Å². The topological polar surface area (TPSA) is 60.0 Å². The van der Waals surface area contributed by atoms with Crippen LogP contribution in [0.3, 0.4) is 0 Å². The van der Waals surface area contributed by atoms with Crippen molar-refractivity contribution in [3.63, 3.8) is 0 Å². The van der Waals surface area contributed by atoms with Crippen LogP contribution in [0, 0.1) is 0 Å². The molecule has 3 rings (SSSR count). The summed E-state index contributed by atoms with van der Waals surface area (Å²) < 4.78 is 3.85. The summed E-state index contributed by atoms with van der Waals surface area (Å²) in [6, 6.07) is 0.449. The number of hydrogen-bond acceptors (Lipinski definition) is 5. The highest BCUT2D eigenvalue weighted by Crippen LogP contribution is 2.12. The highest BCUT2D eigenvalue weighted by molar-refractivity contribution is 7.15. The van der Waals surface area contributed by atoms with Crippen molar-refractivity contribution in [1.82, 2.24) is 29.7 Å². The molecule has 1 N–H and O–H groups in total. The molecule has 0 aliphatic rings. The Morgan fingerprint density at radius 1 is 1.32 bits per heavy atom. The lowest BCUT2D eigenvalue weighted by Crippen LogP contribution is -2.21. The number of thiazole rings is 1. The predicted octanol–water partition coefficient (Wildman–Crippen LogP) is 1.53. The molecule has 0 fully saturated rings. The van der Waals surface area contributed by atoms with Crippen LogP contribution in [0.1, 0.15) is 25.2 Å². The molecule has 100 valence electrons. The minimum atomic E-state index is 0.449. The van der Waals surface area contributed by atoms with Crippen LogP contribution in [0.4, 0.5) is 0 Å². The molecule has 3 heterocycles. The lowest BCUT2D eigenvalue weighted by Gasteiger charge is -2.03. The zero-order valence-corrected chi connectivity index (χ0v) is 11.8. The summed E-state index contributed by atoms with van der Waals surface area (Å²) >= 11 is 1.63. The van der Waals surface area contributed by atoms with Crippen LogP contribution in [0.2, 0.25) is 0 Å². The molecule has 0 bridgehead atoms. The van der Waals surface area contributed by atoms with E-state index in [9.17, 15) is 0 Å². The lowest BCUT2D eigenvalue weighted by atomic mass is 10.3. The van der Waals surface area contributed by atoms with E-state index in [1.807, 2.05) is 33.1 Å². The van der Waals surface area contributed by atoms with Crippen molar-refractivity contribution in [1.29, 1.82) is 0 Å². The molecule has 0 radical (unpaired) electrons. The first-order valence-corrected chi connectivity index (χ1v) is 7.12. The fourth-order valence-electron chi connectivity index (χ4n) is 1.82. The van der Waals surface area contributed by atoms with Gasteiger partial charge < -0.3 is 5.32 Å². The van der Waals surface area contributed by atoms with Gasteiger partial charge in [0.2, 0.25) is 0 Å². The third-order valence-corrected chi connectivity index (χ3v) is 3.52. The van der Waals surface area contributed by atoms with Crippen molar-refractivity contribution in [2.24, 2.45) is 0 Å². The maximum atomic E-state index is 4.53. The van der Waals surface area contributed by atoms with Gasteiger partial charge in [-0.3, -0.25) is 4.40 Å². The first-order valence-electron chi connectivity index (χ1n) is 6.24. The molecule has 0 aliphatic carbocycles. The second-order valence-corrected chi connectivity index (χ2v) is 5.64. The number of nitrogens with zero attached hydrogens (tertiary/aromatic N) is 5. The van der Waals surface area contributed by atoms with Crippen LogP contribution in [-0.2, 0) is 13.1 Å². The van der Waals surface area contributed by atoms with Crippen LogP contribution < -0.4 is 5.32 Å². The Balaban J connectivity index is 1.68. The van der Waals surface area contributed by atoms with E-state index in [1.54, 1.807) is 11.3 Å². The van der Waals surface area contributed by atoms with E-state index in [0.29, 0.717) is 12.6 Å². The second kappa shape index (κ2) is 5.10. The number of aromatic nitrogens is 5. The number of imidazole rings is 1. The summed E-state index contributed by atoms with van der Waals surface area (Å²) in [5.41, 5.74) is 1.95. The highest BCUT2D eigenvalue weighted by Gasteiger charge is 2.06. The molecule has 0 atom stereocenters. The van der Waals surface area contributed by atoms with Gasteiger partial charge >= 0.3 is 0 Å². The van der Waals surface area contributed by atoms with E-state index in [4.69, 9.17) is 0 Å². The molecular formula is C12H16N6S. The Bertz CT molecular complexity index is 636. The van der Waals surface area contributed by atoms with Crippen molar-refractivity contribution in [3.05, 3.63) is 35.4 Å². The molecule has 3 aromatic rings. The Morgan fingerprint density at radius 2 is 2.21 bits per heavy atom. The van der Waals surface area contributed by atoms with Crippen LogP contribution in [0.5, 0.6) is 0 Å².